The van der Waals surface area contributed by atoms with Gasteiger partial charge < -0.3 is 15.1 Å². The summed E-state index contributed by atoms with van der Waals surface area (Å²) in [6, 6.07) is 14.2. The van der Waals surface area contributed by atoms with Crippen LogP contribution in [0.1, 0.15) is 97.6 Å². The SMILES string of the molecule is C=C[C@@H]1C[C@]1(CC(=O)[C@@H]1C[C@@H]2CN1C(=O)[C@H](C(C)(C)C)NC(=O)c1sccc1CCC/C=C/c1ccc3c(c1)C(=NO2)c1ccccc1-3)C(=O)NS(=O)(=O)C1CC1. The van der Waals surface area contributed by atoms with Gasteiger partial charge in [-0.15, -0.1) is 17.9 Å². The van der Waals surface area contributed by atoms with E-state index in [1.807, 2.05) is 56.5 Å². The van der Waals surface area contributed by atoms with E-state index in [-0.39, 0.29) is 31.7 Å². The monoisotopic (exact) mass is 808 g/mol. The molecule has 2 N–H and O–H groups in total. The van der Waals surface area contributed by atoms with Crippen LogP contribution >= 0.6 is 11.3 Å². The van der Waals surface area contributed by atoms with Gasteiger partial charge in [-0.1, -0.05) is 80.6 Å². The average Bonchev–Trinajstić information content (AvgIpc) is 4.02. The summed E-state index contributed by atoms with van der Waals surface area (Å²) < 4.78 is 27.9. The number of carbonyl (C=O) groups excluding carboxylic acids is 4. The summed E-state index contributed by atoms with van der Waals surface area (Å²) in [7, 11) is -3.86. The molecule has 8 rings (SSSR count). The Balaban J connectivity index is 1.16. The van der Waals surface area contributed by atoms with Crippen molar-refractivity contribution in [3.63, 3.8) is 0 Å². The number of amides is 3. The normalized spacial score (nSPS) is 26.6. The minimum absolute atomic E-state index is 0.0101. The maximum absolute atomic E-state index is 14.8. The minimum atomic E-state index is -3.86. The van der Waals surface area contributed by atoms with Gasteiger partial charge in [0.15, 0.2) is 5.78 Å². The molecule has 0 spiro atoms. The number of fused-ring (bicyclic) bond motifs is 7. The summed E-state index contributed by atoms with van der Waals surface area (Å²) in [6.45, 7) is 9.45. The third kappa shape index (κ3) is 7.51. The first-order valence-corrected chi connectivity index (χ1v) is 22.2. The number of oxime groups is 1. The number of rotatable bonds is 7. The second-order valence-corrected chi connectivity index (χ2v) is 20.0. The second kappa shape index (κ2) is 14.8. The molecule has 3 fully saturated rings. The lowest BCUT2D eigenvalue weighted by molar-refractivity contribution is -0.142. The number of sulfonamides is 1. The summed E-state index contributed by atoms with van der Waals surface area (Å²) in [4.78, 5) is 65.3. The number of hydrogen-bond donors (Lipinski definition) is 2. The van der Waals surface area contributed by atoms with Crippen molar-refractivity contribution in [1.82, 2.24) is 14.9 Å². The Hall–Kier alpha value is -4.88. The summed E-state index contributed by atoms with van der Waals surface area (Å²) in [5.74, 6) is -2.31. The summed E-state index contributed by atoms with van der Waals surface area (Å²) in [5, 5.41) is 9.04. The van der Waals surface area contributed by atoms with E-state index >= 15 is 0 Å². The van der Waals surface area contributed by atoms with E-state index in [4.69, 9.17) is 9.99 Å². The Morgan fingerprint density at radius 3 is 2.56 bits per heavy atom. The van der Waals surface area contributed by atoms with E-state index in [9.17, 15) is 27.6 Å². The number of allylic oxidation sites excluding steroid dienone is 2. The van der Waals surface area contributed by atoms with Gasteiger partial charge in [-0.05, 0) is 89.6 Å². The zero-order chi connectivity index (χ0) is 40.3. The number of Topliss-reactive ketones (excluding diaryl/α,β-unsaturated/α-hetero) is 1. The fraction of sp³-hybridized carbons (Fsp3) is 0.432. The van der Waals surface area contributed by atoms with Gasteiger partial charge in [0.1, 0.15) is 17.9 Å². The molecule has 1 aromatic heterocycles. The Morgan fingerprint density at radius 1 is 1.09 bits per heavy atom. The van der Waals surface area contributed by atoms with Gasteiger partial charge in [0.05, 0.1) is 28.1 Å². The lowest BCUT2D eigenvalue weighted by Crippen LogP contribution is -2.57. The number of ketones is 1. The van der Waals surface area contributed by atoms with Crippen molar-refractivity contribution in [3.05, 3.63) is 99.8 Å². The molecular formula is C44H48N4O7S2. The van der Waals surface area contributed by atoms with Gasteiger partial charge in [0.2, 0.25) is 21.8 Å². The van der Waals surface area contributed by atoms with Crippen LogP contribution in [-0.4, -0.2) is 72.5 Å². The maximum Gasteiger partial charge on any atom is 0.262 e. The Morgan fingerprint density at radius 2 is 1.84 bits per heavy atom. The van der Waals surface area contributed by atoms with Crippen molar-refractivity contribution >= 4 is 56.7 Å². The Bertz CT molecular complexity index is 2340. The van der Waals surface area contributed by atoms with Gasteiger partial charge in [-0.2, -0.15) is 0 Å². The average molecular weight is 809 g/mol. The lowest BCUT2D eigenvalue weighted by atomic mass is 9.85. The van der Waals surface area contributed by atoms with Gasteiger partial charge >= 0.3 is 0 Å². The Kier molecular flexibility index (Phi) is 10.1. The van der Waals surface area contributed by atoms with E-state index in [0.717, 1.165) is 46.2 Å². The fourth-order valence-corrected chi connectivity index (χ4v) is 10.7. The third-order valence-electron chi connectivity index (χ3n) is 12.0. The molecule has 3 amide bonds. The van der Waals surface area contributed by atoms with E-state index < -0.39 is 67.8 Å². The zero-order valence-electron chi connectivity index (χ0n) is 32.5. The quantitative estimate of drug-likeness (QED) is 0.205. The van der Waals surface area contributed by atoms with Crippen molar-refractivity contribution in [2.45, 2.75) is 95.6 Å². The van der Waals surface area contributed by atoms with Crippen LogP contribution in [-0.2, 0) is 35.7 Å². The van der Waals surface area contributed by atoms with Crippen molar-refractivity contribution in [3.8, 4) is 11.1 Å². The number of nitrogens with one attached hydrogen (secondary N) is 2. The molecule has 13 heteroatoms. The minimum Gasteiger partial charge on any atom is -0.390 e. The molecule has 5 atom stereocenters. The molecule has 2 saturated carbocycles. The van der Waals surface area contributed by atoms with Crippen LogP contribution in [0.25, 0.3) is 17.2 Å². The van der Waals surface area contributed by atoms with Crippen LogP contribution in [0.4, 0.5) is 0 Å². The van der Waals surface area contributed by atoms with Gasteiger partial charge in [0, 0.05) is 24.0 Å². The van der Waals surface area contributed by atoms with Crippen molar-refractivity contribution in [2.24, 2.45) is 21.9 Å². The smallest absolute Gasteiger partial charge is 0.262 e. The van der Waals surface area contributed by atoms with Crippen LogP contribution in [0.5, 0.6) is 0 Å². The van der Waals surface area contributed by atoms with Gasteiger partial charge in [-0.3, -0.25) is 23.9 Å². The molecule has 4 bridgehead atoms. The summed E-state index contributed by atoms with van der Waals surface area (Å²) in [5.41, 5.74) is 4.42. The van der Waals surface area contributed by atoms with Gasteiger partial charge in [-0.25, -0.2) is 8.42 Å². The molecular weight excluding hydrogens is 761 g/mol. The maximum atomic E-state index is 14.8. The highest BCUT2D eigenvalue weighted by Crippen LogP contribution is 2.57. The Labute approximate surface area is 337 Å². The highest BCUT2D eigenvalue weighted by atomic mass is 32.2. The van der Waals surface area contributed by atoms with Crippen molar-refractivity contribution < 1.29 is 32.4 Å². The van der Waals surface area contributed by atoms with Crippen LogP contribution in [0.15, 0.2) is 77.8 Å². The second-order valence-electron chi connectivity index (χ2n) is 17.1. The van der Waals surface area contributed by atoms with E-state index in [2.05, 4.69) is 47.0 Å². The van der Waals surface area contributed by atoms with Gasteiger partial charge in [0.25, 0.3) is 5.91 Å². The van der Waals surface area contributed by atoms with E-state index in [1.54, 1.807) is 6.08 Å². The molecule has 3 heterocycles. The molecule has 5 aliphatic rings. The predicted molar refractivity (Wildman–Crippen MR) is 220 cm³/mol. The molecule has 3 aliphatic carbocycles. The molecule has 0 radical (unpaired) electrons. The third-order valence-corrected chi connectivity index (χ3v) is 14.8. The number of nitrogens with zero attached hydrogens (tertiary/aromatic N) is 2. The van der Waals surface area contributed by atoms with Crippen LogP contribution in [0.3, 0.4) is 0 Å². The van der Waals surface area contributed by atoms with Crippen LogP contribution in [0.2, 0.25) is 0 Å². The number of aryl methyl sites for hydroxylation is 1. The van der Waals surface area contributed by atoms with Crippen LogP contribution in [0, 0.1) is 16.7 Å². The standard InChI is InChI=1S/C44H48N4O7S2/c1-5-28-23-44(28,42(52)47-57(53,54)30-16-17-30)24-36(49)35-22-29-25-48(35)41(51)39(43(2,3)4)45-40(50)38-27(19-20-56-38)12-8-6-7-11-26-15-18-32-31-13-9-10-14-33(31)37(46-55-29)34(32)21-26/h5,7,9-11,13-15,18-21,28-30,35,39H,1,6,8,12,16-17,22-25H2,2-4H3,(H,45,50)(H,47,52)/b11-7+,46-37?/t28-,29-,35+,39-,44-/m1/s1. The first-order valence-electron chi connectivity index (χ1n) is 19.7. The first-order chi connectivity index (χ1) is 27.2. The molecule has 298 valence electrons. The largest absolute Gasteiger partial charge is 0.390 e. The molecule has 3 aromatic rings. The topological polar surface area (TPSA) is 151 Å². The first kappa shape index (κ1) is 39.0. The molecule has 2 aliphatic heterocycles. The van der Waals surface area contributed by atoms with Crippen molar-refractivity contribution in [2.75, 3.05) is 6.54 Å². The highest BCUT2D eigenvalue weighted by Gasteiger charge is 2.61. The highest BCUT2D eigenvalue weighted by molar-refractivity contribution is 7.90. The summed E-state index contributed by atoms with van der Waals surface area (Å²) >= 11 is 1.33. The molecule has 11 nitrogen and oxygen atoms in total. The molecule has 57 heavy (non-hydrogen) atoms. The molecule has 1 saturated heterocycles. The fourth-order valence-electron chi connectivity index (χ4n) is 8.50. The number of thiophene rings is 1. The predicted octanol–water partition coefficient (Wildman–Crippen LogP) is 6.42. The van der Waals surface area contributed by atoms with Crippen molar-refractivity contribution in [1.29, 1.82) is 0 Å². The molecule has 2 aromatic carbocycles. The zero-order valence-corrected chi connectivity index (χ0v) is 34.1. The van der Waals surface area contributed by atoms with E-state index in [0.29, 0.717) is 29.9 Å². The number of benzene rings is 2. The number of carbonyl (C=O) groups is 4. The number of hydrogen-bond acceptors (Lipinski definition) is 9. The summed E-state index contributed by atoms with van der Waals surface area (Å²) in [6.07, 6.45) is 8.48. The van der Waals surface area contributed by atoms with Crippen LogP contribution < -0.4 is 10.0 Å². The van der Waals surface area contributed by atoms with E-state index in [1.165, 1.54) is 16.2 Å². The lowest BCUT2D eigenvalue weighted by Gasteiger charge is -2.35. The molecule has 0 unspecified atom stereocenters.